The van der Waals surface area contributed by atoms with Gasteiger partial charge in [-0.2, -0.15) is 0 Å². The predicted octanol–water partition coefficient (Wildman–Crippen LogP) is 2.66. The van der Waals surface area contributed by atoms with Crippen molar-refractivity contribution in [2.75, 3.05) is 0 Å². The van der Waals surface area contributed by atoms with Crippen molar-refractivity contribution in [2.45, 2.75) is 24.4 Å². The molecule has 0 saturated carbocycles. The number of pyridine rings is 2. The van der Waals surface area contributed by atoms with Crippen LogP contribution in [-0.4, -0.2) is 26.9 Å². The molecule has 116 valence electrons. The molecular formula is C17H15BrN4O. The number of amidine groups is 1. The van der Waals surface area contributed by atoms with E-state index in [1.807, 2.05) is 30.3 Å². The molecule has 1 aliphatic rings. The summed E-state index contributed by atoms with van der Waals surface area (Å²) in [6, 6.07) is 9.42. The van der Waals surface area contributed by atoms with Gasteiger partial charge in [0.2, 0.25) is 0 Å². The van der Waals surface area contributed by atoms with Crippen LogP contribution in [0.3, 0.4) is 0 Å². The van der Waals surface area contributed by atoms with Crippen molar-refractivity contribution in [3.05, 3.63) is 59.7 Å². The SMILES string of the molecule is CCC(Br)C1N=C(c2ccc(C#Cc3ccccn3)cn2)NO1. The summed E-state index contributed by atoms with van der Waals surface area (Å²) in [7, 11) is 0. The lowest BCUT2D eigenvalue weighted by molar-refractivity contribution is 0.0378. The monoisotopic (exact) mass is 370 g/mol. The van der Waals surface area contributed by atoms with Gasteiger partial charge in [-0.05, 0) is 36.6 Å². The standard InChI is InChI=1S/C17H15BrN4O/c1-2-14(18)17-21-16(22-23-17)15-9-7-12(11-20-15)6-8-13-5-3-4-10-19-13/h3-5,7,9-11,14,17H,2H2,1H3,(H,21,22). The maximum atomic E-state index is 5.43. The average Bonchev–Trinajstić information content (AvgIpc) is 3.11. The minimum Gasteiger partial charge on any atom is -0.252 e. The van der Waals surface area contributed by atoms with E-state index in [1.165, 1.54) is 0 Å². The molecular weight excluding hydrogens is 356 g/mol. The molecule has 0 saturated heterocycles. The van der Waals surface area contributed by atoms with Crippen LogP contribution in [-0.2, 0) is 4.84 Å². The van der Waals surface area contributed by atoms with Crippen LogP contribution in [0.15, 0.2) is 47.7 Å². The van der Waals surface area contributed by atoms with Crippen molar-refractivity contribution in [1.82, 2.24) is 15.4 Å². The molecule has 2 aromatic rings. The van der Waals surface area contributed by atoms with E-state index in [-0.39, 0.29) is 11.1 Å². The van der Waals surface area contributed by atoms with E-state index in [0.717, 1.165) is 23.4 Å². The first-order chi connectivity index (χ1) is 11.3. The van der Waals surface area contributed by atoms with Crippen LogP contribution >= 0.6 is 15.9 Å². The summed E-state index contributed by atoms with van der Waals surface area (Å²) in [6.07, 6.45) is 4.13. The molecule has 5 nitrogen and oxygen atoms in total. The molecule has 0 fully saturated rings. The van der Waals surface area contributed by atoms with E-state index in [4.69, 9.17) is 4.84 Å². The molecule has 0 bridgehead atoms. The Morgan fingerprint density at radius 1 is 1.26 bits per heavy atom. The summed E-state index contributed by atoms with van der Waals surface area (Å²) in [4.78, 5) is 18.6. The number of hydroxylamine groups is 1. The minimum atomic E-state index is -0.236. The van der Waals surface area contributed by atoms with Gasteiger partial charge in [0.1, 0.15) is 11.4 Å². The summed E-state index contributed by atoms with van der Waals surface area (Å²) in [5.41, 5.74) is 5.11. The summed E-state index contributed by atoms with van der Waals surface area (Å²) in [5, 5.41) is 0. The van der Waals surface area contributed by atoms with E-state index in [2.05, 4.69) is 55.1 Å². The highest BCUT2D eigenvalue weighted by atomic mass is 79.9. The normalized spacial score (nSPS) is 17.7. The third-order valence-electron chi connectivity index (χ3n) is 3.24. The van der Waals surface area contributed by atoms with Gasteiger partial charge >= 0.3 is 0 Å². The number of hydrogen-bond donors (Lipinski definition) is 1. The van der Waals surface area contributed by atoms with Crippen molar-refractivity contribution in [3.8, 4) is 11.8 Å². The Balaban J connectivity index is 1.72. The Morgan fingerprint density at radius 3 is 2.87 bits per heavy atom. The van der Waals surface area contributed by atoms with Gasteiger partial charge in [-0.1, -0.05) is 34.8 Å². The lowest BCUT2D eigenvalue weighted by Crippen LogP contribution is -2.23. The topological polar surface area (TPSA) is 59.4 Å². The summed E-state index contributed by atoms with van der Waals surface area (Å²) in [6.45, 7) is 2.07. The van der Waals surface area contributed by atoms with Crippen LogP contribution in [0.25, 0.3) is 0 Å². The molecule has 2 unspecified atom stereocenters. The Labute approximate surface area is 143 Å². The molecule has 2 aromatic heterocycles. The first-order valence-corrected chi connectivity index (χ1v) is 8.21. The zero-order chi connectivity index (χ0) is 16.1. The van der Waals surface area contributed by atoms with Crippen LogP contribution < -0.4 is 5.48 Å². The predicted molar refractivity (Wildman–Crippen MR) is 92.0 cm³/mol. The lowest BCUT2D eigenvalue weighted by atomic mass is 10.2. The second-order valence-corrected chi connectivity index (χ2v) is 6.09. The maximum Gasteiger partial charge on any atom is 0.189 e. The summed E-state index contributed by atoms with van der Waals surface area (Å²) in [5.74, 6) is 6.68. The van der Waals surface area contributed by atoms with Crippen molar-refractivity contribution >= 4 is 21.8 Å². The minimum absolute atomic E-state index is 0.177. The van der Waals surface area contributed by atoms with Crippen LogP contribution in [0.5, 0.6) is 0 Å². The summed E-state index contributed by atoms with van der Waals surface area (Å²) < 4.78 is 0. The van der Waals surface area contributed by atoms with Crippen LogP contribution in [0.4, 0.5) is 0 Å². The van der Waals surface area contributed by atoms with Gasteiger partial charge in [0, 0.05) is 18.0 Å². The number of alkyl halides is 1. The third-order valence-corrected chi connectivity index (χ3v) is 4.34. The van der Waals surface area contributed by atoms with Crippen molar-refractivity contribution < 1.29 is 4.84 Å². The maximum absolute atomic E-state index is 5.43. The summed E-state index contributed by atoms with van der Waals surface area (Å²) >= 11 is 3.54. The molecule has 2 atom stereocenters. The number of rotatable bonds is 3. The van der Waals surface area contributed by atoms with Crippen molar-refractivity contribution in [3.63, 3.8) is 0 Å². The fraction of sp³-hybridized carbons (Fsp3) is 0.235. The van der Waals surface area contributed by atoms with Gasteiger partial charge in [-0.25, -0.2) is 20.3 Å². The second kappa shape index (κ2) is 7.36. The lowest BCUT2D eigenvalue weighted by Gasteiger charge is -2.09. The number of nitrogens with zero attached hydrogens (tertiary/aromatic N) is 3. The first kappa shape index (κ1) is 15.7. The second-order valence-electron chi connectivity index (χ2n) is 4.91. The Morgan fingerprint density at radius 2 is 2.17 bits per heavy atom. The molecule has 1 N–H and O–H groups in total. The Bertz CT molecular complexity index is 750. The van der Waals surface area contributed by atoms with Crippen molar-refractivity contribution in [2.24, 2.45) is 4.99 Å². The van der Waals surface area contributed by atoms with Crippen LogP contribution in [0.1, 0.15) is 30.3 Å². The molecule has 6 heteroatoms. The van der Waals surface area contributed by atoms with E-state index in [9.17, 15) is 0 Å². The molecule has 0 aromatic carbocycles. The third kappa shape index (κ3) is 3.95. The molecule has 0 aliphatic carbocycles. The van der Waals surface area contributed by atoms with E-state index in [0.29, 0.717) is 5.84 Å². The number of halogens is 1. The van der Waals surface area contributed by atoms with Gasteiger partial charge < -0.3 is 0 Å². The fourth-order valence-electron chi connectivity index (χ4n) is 1.95. The number of hydrogen-bond acceptors (Lipinski definition) is 5. The molecule has 0 spiro atoms. The zero-order valence-corrected chi connectivity index (χ0v) is 14.1. The molecule has 0 amide bonds. The van der Waals surface area contributed by atoms with E-state index >= 15 is 0 Å². The molecule has 23 heavy (non-hydrogen) atoms. The van der Waals surface area contributed by atoms with E-state index in [1.54, 1.807) is 12.4 Å². The molecule has 1 aliphatic heterocycles. The largest absolute Gasteiger partial charge is 0.252 e. The van der Waals surface area contributed by atoms with Crippen LogP contribution in [0, 0.1) is 11.8 Å². The van der Waals surface area contributed by atoms with Gasteiger partial charge in [0.15, 0.2) is 12.1 Å². The highest BCUT2D eigenvalue weighted by Crippen LogP contribution is 2.18. The fourth-order valence-corrected chi connectivity index (χ4v) is 2.18. The quantitative estimate of drug-likeness (QED) is 0.666. The highest BCUT2D eigenvalue weighted by Gasteiger charge is 2.25. The molecule has 0 radical (unpaired) electrons. The zero-order valence-electron chi connectivity index (χ0n) is 12.5. The smallest absolute Gasteiger partial charge is 0.189 e. The molecule has 3 heterocycles. The number of aromatic nitrogens is 2. The number of aliphatic imine (C=N–C) groups is 1. The van der Waals surface area contributed by atoms with Gasteiger partial charge in [0.25, 0.3) is 0 Å². The van der Waals surface area contributed by atoms with Crippen LogP contribution in [0.2, 0.25) is 0 Å². The highest BCUT2D eigenvalue weighted by molar-refractivity contribution is 9.09. The average molecular weight is 371 g/mol. The van der Waals surface area contributed by atoms with Gasteiger partial charge in [-0.15, -0.1) is 0 Å². The molecule has 3 rings (SSSR count). The Hall–Kier alpha value is -2.23. The van der Waals surface area contributed by atoms with Crippen molar-refractivity contribution in [1.29, 1.82) is 0 Å². The number of nitrogens with one attached hydrogen (secondary N) is 1. The van der Waals surface area contributed by atoms with Gasteiger partial charge in [-0.3, -0.25) is 4.98 Å². The van der Waals surface area contributed by atoms with Gasteiger partial charge in [0.05, 0.1) is 4.83 Å². The van der Waals surface area contributed by atoms with E-state index < -0.39 is 0 Å². The Kier molecular flexibility index (Phi) is 5.01. The first-order valence-electron chi connectivity index (χ1n) is 7.29.